The lowest BCUT2D eigenvalue weighted by molar-refractivity contribution is 0.0523. The van der Waals surface area contributed by atoms with Gasteiger partial charge in [-0.15, -0.1) is 0 Å². The molecule has 28 heavy (non-hydrogen) atoms. The molecule has 0 saturated carbocycles. The highest BCUT2D eigenvalue weighted by Gasteiger charge is 2.18. The van der Waals surface area contributed by atoms with Crippen molar-refractivity contribution >= 4 is 22.6 Å². The fraction of sp³-hybridized carbons (Fsp3) is 0.429. The van der Waals surface area contributed by atoms with E-state index < -0.39 is 5.97 Å². The highest BCUT2D eigenvalue weighted by atomic mass is 16.5. The van der Waals surface area contributed by atoms with Crippen molar-refractivity contribution < 1.29 is 9.53 Å². The van der Waals surface area contributed by atoms with Crippen LogP contribution in [0.4, 0.5) is 0 Å². The lowest BCUT2D eigenvalue weighted by Crippen LogP contribution is -2.31. The highest BCUT2D eigenvalue weighted by molar-refractivity contribution is 5.93. The molecule has 0 fully saturated rings. The van der Waals surface area contributed by atoms with Crippen LogP contribution in [-0.2, 0) is 11.3 Å². The van der Waals surface area contributed by atoms with Gasteiger partial charge in [0.2, 0.25) is 0 Å². The second-order valence-electron chi connectivity index (χ2n) is 6.88. The van der Waals surface area contributed by atoms with Crippen LogP contribution in [0.1, 0.15) is 55.5 Å². The van der Waals surface area contributed by atoms with E-state index in [0.717, 1.165) is 31.2 Å². The monoisotopic (exact) mass is 382 g/mol. The molecule has 0 aliphatic rings. The summed E-state index contributed by atoms with van der Waals surface area (Å²) in [6.07, 6.45) is 5.73. The van der Waals surface area contributed by atoms with Gasteiger partial charge < -0.3 is 9.30 Å². The summed E-state index contributed by atoms with van der Waals surface area (Å²) in [5, 5.41) is 8.88. The Morgan fingerprint density at radius 2 is 2.00 bits per heavy atom. The number of hydrogen-bond donors (Lipinski definition) is 1. The Kier molecular flexibility index (Phi) is 5.92. The van der Waals surface area contributed by atoms with Crippen LogP contribution in [0.5, 0.6) is 0 Å². The SMILES string of the molecule is CCCCCCn1c(=N)c(C(=O)OCC)cc2c(=O)n3cccc(C)c3nc21. The maximum atomic E-state index is 13.1. The van der Waals surface area contributed by atoms with E-state index in [9.17, 15) is 9.59 Å². The number of carbonyl (C=O) groups excluding carboxylic acids is 1. The standard InChI is InChI=1S/C21H26N4O3/c1-4-6-7-8-11-24-17(22)15(21(27)28-5-2)13-16-19(24)23-18-14(3)10-9-12-25(18)20(16)26/h9-10,12-13,22H,4-8,11H2,1-3H3. The molecule has 0 aromatic carbocycles. The van der Waals surface area contributed by atoms with Crippen molar-refractivity contribution in [3.05, 3.63) is 51.4 Å². The molecule has 0 saturated heterocycles. The molecular weight excluding hydrogens is 356 g/mol. The molecule has 3 aromatic rings. The number of pyridine rings is 2. The Bertz CT molecular complexity index is 1140. The molecule has 0 aliphatic carbocycles. The lowest BCUT2D eigenvalue weighted by Gasteiger charge is -2.14. The number of aryl methyl sites for hydroxylation is 2. The summed E-state index contributed by atoms with van der Waals surface area (Å²) in [5.41, 5.74) is 1.75. The summed E-state index contributed by atoms with van der Waals surface area (Å²) in [6, 6.07) is 5.14. The van der Waals surface area contributed by atoms with Gasteiger partial charge >= 0.3 is 5.97 Å². The van der Waals surface area contributed by atoms with E-state index in [2.05, 4.69) is 6.92 Å². The normalized spacial score (nSPS) is 11.2. The number of hydrogen-bond acceptors (Lipinski definition) is 5. The first-order valence-electron chi connectivity index (χ1n) is 9.76. The van der Waals surface area contributed by atoms with E-state index >= 15 is 0 Å². The van der Waals surface area contributed by atoms with Gasteiger partial charge in [-0.05, 0) is 38.0 Å². The molecule has 0 atom stereocenters. The third kappa shape index (κ3) is 3.56. The van der Waals surface area contributed by atoms with Gasteiger partial charge in [-0.25, -0.2) is 9.78 Å². The zero-order valence-electron chi connectivity index (χ0n) is 16.6. The fourth-order valence-electron chi connectivity index (χ4n) is 3.38. The Labute approximate surface area is 163 Å². The number of carbonyl (C=O) groups is 1. The van der Waals surface area contributed by atoms with Crippen molar-refractivity contribution in [2.45, 2.75) is 53.0 Å². The Hall–Kier alpha value is -2.96. The van der Waals surface area contributed by atoms with Crippen LogP contribution in [0.25, 0.3) is 16.7 Å². The molecule has 1 N–H and O–H groups in total. The summed E-state index contributed by atoms with van der Waals surface area (Å²) in [5.74, 6) is -0.592. The van der Waals surface area contributed by atoms with E-state index in [4.69, 9.17) is 15.1 Å². The Balaban J connectivity index is 2.30. The summed E-state index contributed by atoms with van der Waals surface area (Å²) in [7, 11) is 0. The van der Waals surface area contributed by atoms with E-state index in [1.807, 2.05) is 13.0 Å². The predicted molar refractivity (Wildman–Crippen MR) is 108 cm³/mol. The molecule has 7 heteroatoms. The summed E-state index contributed by atoms with van der Waals surface area (Å²) < 4.78 is 8.26. The van der Waals surface area contributed by atoms with Crippen molar-refractivity contribution in [2.75, 3.05) is 6.61 Å². The summed E-state index contributed by atoms with van der Waals surface area (Å²) >= 11 is 0. The van der Waals surface area contributed by atoms with E-state index in [1.54, 1.807) is 23.8 Å². The molecule has 148 valence electrons. The number of nitrogens with zero attached hydrogens (tertiary/aromatic N) is 3. The van der Waals surface area contributed by atoms with Gasteiger partial charge in [-0.3, -0.25) is 14.6 Å². The first-order valence-corrected chi connectivity index (χ1v) is 9.76. The molecule has 3 heterocycles. The number of nitrogens with one attached hydrogen (secondary N) is 1. The van der Waals surface area contributed by atoms with Crippen LogP contribution >= 0.6 is 0 Å². The number of aromatic nitrogens is 3. The second kappa shape index (κ2) is 8.37. The first kappa shape index (κ1) is 19.8. The van der Waals surface area contributed by atoms with E-state index in [-0.39, 0.29) is 23.2 Å². The van der Waals surface area contributed by atoms with Crippen LogP contribution in [0, 0.1) is 12.3 Å². The van der Waals surface area contributed by atoms with Gasteiger partial charge in [-0.1, -0.05) is 32.3 Å². The minimum absolute atomic E-state index is 0.0345. The van der Waals surface area contributed by atoms with Crippen molar-refractivity contribution in [3.8, 4) is 0 Å². The topological polar surface area (TPSA) is 89.5 Å². The van der Waals surface area contributed by atoms with Gasteiger partial charge in [0.25, 0.3) is 5.56 Å². The Morgan fingerprint density at radius 1 is 1.21 bits per heavy atom. The molecule has 0 spiro atoms. The van der Waals surface area contributed by atoms with Crippen molar-refractivity contribution in [1.29, 1.82) is 5.41 Å². The summed E-state index contributed by atoms with van der Waals surface area (Å²) in [6.45, 7) is 6.48. The number of ether oxygens (including phenoxy) is 1. The van der Waals surface area contributed by atoms with Crippen molar-refractivity contribution in [1.82, 2.24) is 14.0 Å². The van der Waals surface area contributed by atoms with Gasteiger partial charge in [0, 0.05) is 12.7 Å². The van der Waals surface area contributed by atoms with Crippen LogP contribution in [-0.4, -0.2) is 26.5 Å². The number of unbranched alkanes of at least 4 members (excludes halogenated alkanes) is 3. The predicted octanol–water partition coefficient (Wildman–Crippen LogP) is 3.19. The molecule has 0 radical (unpaired) electrons. The molecule has 0 amide bonds. The summed E-state index contributed by atoms with van der Waals surface area (Å²) in [4.78, 5) is 30.2. The number of fused-ring (bicyclic) bond motifs is 2. The largest absolute Gasteiger partial charge is 0.462 e. The average Bonchev–Trinajstić information content (AvgIpc) is 2.67. The van der Waals surface area contributed by atoms with Gasteiger partial charge in [-0.2, -0.15) is 0 Å². The number of rotatable bonds is 7. The molecule has 7 nitrogen and oxygen atoms in total. The van der Waals surface area contributed by atoms with Crippen molar-refractivity contribution in [3.63, 3.8) is 0 Å². The van der Waals surface area contributed by atoms with E-state index in [1.165, 1.54) is 10.5 Å². The highest BCUT2D eigenvalue weighted by Crippen LogP contribution is 2.14. The quantitative estimate of drug-likeness (QED) is 0.386. The molecular formula is C21H26N4O3. The zero-order chi connectivity index (χ0) is 20.3. The minimum Gasteiger partial charge on any atom is -0.462 e. The van der Waals surface area contributed by atoms with Gasteiger partial charge in [0.15, 0.2) is 0 Å². The first-order chi connectivity index (χ1) is 13.5. The molecule has 3 rings (SSSR count). The molecule has 0 unspecified atom stereocenters. The molecule has 3 aromatic heterocycles. The number of esters is 1. The third-order valence-electron chi connectivity index (χ3n) is 4.86. The third-order valence-corrected chi connectivity index (χ3v) is 4.86. The smallest absolute Gasteiger partial charge is 0.341 e. The van der Waals surface area contributed by atoms with Crippen LogP contribution in [0.2, 0.25) is 0 Å². The van der Waals surface area contributed by atoms with Crippen LogP contribution < -0.4 is 11.0 Å². The maximum absolute atomic E-state index is 13.1. The van der Waals surface area contributed by atoms with Crippen LogP contribution in [0.3, 0.4) is 0 Å². The molecule has 0 aliphatic heterocycles. The van der Waals surface area contributed by atoms with Gasteiger partial charge in [0.1, 0.15) is 22.3 Å². The van der Waals surface area contributed by atoms with Crippen molar-refractivity contribution in [2.24, 2.45) is 0 Å². The fourth-order valence-corrected chi connectivity index (χ4v) is 3.38. The van der Waals surface area contributed by atoms with Gasteiger partial charge in [0.05, 0.1) is 12.0 Å². The Morgan fingerprint density at radius 3 is 2.71 bits per heavy atom. The average molecular weight is 382 g/mol. The lowest BCUT2D eigenvalue weighted by atomic mass is 10.1. The molecule has 0 bridgehead atoms. The zero-order valence-corrected chi connectivity index (χ0v) is 16.6. The maximum Gasteiger partial charge on any atom is 0.341 e. The van der Waals surface area contributed by atoms with E-state index in [0.29, 0.717) is 23.2 Å². The minimum atomic E-state index is -0.592. The second-order valence-corrected chi connectivity index (χ2v) is 6.88. The van der Waals surface area contributed by atoms with Crippen LogP contribution in [0.15, 0.2) is 29.2 Å².